The molecule has 0 N–H and O–H groups in total. The molecule has 7 nitrogen and oxygen atoms in total. The number of halogens is 2. The van der Waals surface area contributed by atoms with Crippen LogP contribution >= 0.6 is 11.3 Å². The van der Waals surface area contributed by atoms with Crippen LogP contribution in [0.5, 0.6) is 0 Å². The Kier molecular flexibility index (Phi) is 7.49. The van der Waals surface area contributed by atoms with Crippen molar-refractivity contribution in [3.05, 3.63) is 64.5 Å². The van der Waals surface area contributed by atoms with Crippen molar-refractivity contribution >= 4 is 33.6 Å². The molecule has 0 spiro atoms. The number of carbonyl (C=O) groups excluding carboxylic acids is 1. The standard InChI is InChI=1S/C23H23F2N3O4S2/c1-14-20(15-6-9-17(10-7-15)34(30,31)26-13-27(2)3)22(23(29)28(4)32-5)33-21(14)16-8-11-18(24)19(25)12-16/h6-13H,1-5H3. The second-order valence-corrected chi connectivity index (χ2v) is 10.2. The van der Waals surface area contributed by atoms with E-state index in [9.17, 15) is 22.0 Å². The maximum Gasteiger partial charge on any atom is 0.287 e. The SMILES string of the molecule is CON(C)C(=O)c1sc(-c2ccc(F)c(F)c2)c(C)c1-c1ccc(S(=O)(=O)N=CN(C)C)cc1. The fourth-order valence-electron chi connectivity index (χ4n) is 3.16. The third kappa shape index (κ3) is 5.16. The van der Waals surface area contributed by atoms with Gasteiger partial charge in [-0.15, -0.1) is 15.7 Å². The Morgan fingerprint density at radius 2 is 1.65 bits per heavy atom. The maximum absolute atomic E-state index is 13.9. The molecule has 2 aromatic carbocycles. The van der Waals surface area contributed by atoms with Crippen LogP contribution in [0.4, 0.5) is 8.78 Å². The fourth-order valence-corrected chi connectivity index (χ4v) is 5.37. The minimum Gasteiger partial charge on any atom is -0.368 e. The van der Waals surface area contributed by atoms with Gasteiger partial charge in [0.15, 0.2) is 11.6 Å². The van der Waals surface area contributed by atoms with Crippen LogP contribution in [0.3, 0.4) is 0 Å². The lowest BCUT2D eigenvalue weighted by molar-refractivity contribution is -0.0753. The van der Waals surface area contributed by atoms with Crippen molar-refractivity contribution in [3.8, 4) is 21.6 Å². The Morgan fingerprint density at radius 3 is 2.21 bits per heavy atom. The molecule has 0 bridgehead atoms. The third-order valence-electron chi connectivity index (χ3n) is 4.94. The molecule has 1 aromatic heterocycles. The van der Waals surface area contributed by atoms with E-state index in [0.717, 1.165) is 28.5 Å². The third-order valence-corrected chi connectivity index (χ3v) is 7.51. The summed E-state index contributed by atoms with van der Waals surface area (Å²) in [5.74, 6) is -2.41. The van der Waals surface area contributed by atoms with Crippen LogP contribution in [0.1, 0.15) is 15.2 Å². The molecule has 0 saturated heterocycles. The quantitative estimate of drug-likeness (QED) is 0.266. The fraction of sp³-hybridized carbons (Fsp3) is 0.217. The summed E-state index contributed by atoms with van der Waals surface area (Å²) in [6, 6.07) is 9.50. The van der Waals surface area contributed by atoms with Crippen molar-refractivity contribution in [1.29, 1.82) is 0 Å². The summed E-state index contributed by atoms with van der Waals surface area (Å²) in [5, 5.41) is 1.05. The Labute approximate surface area is 200 Å². The van der Waals surface area contributed by atoms with Crippen molar-refractivity contribution in [1.82, 2.24) is 9.96 Å². The van der Waals surface area contributed by atoms with Gasteiger partial charge >= 0.3 is 0 Å². The van der Waals surface area contributed by atoms with Gasteiger partial charge in [-0.05, 0) is 47.9 Å². The molecule has 34 heavy (non-hydrogen) atoms. The van der Waals surface area contributed by atoms with E-state index in [-0.39, 0.29) is 4.90 Å². The molecule has 0 aliphatic heterocycles. The number of sulfonamides is 1. The lowest BCUT2D eigenvalue weighted by Gasteiger charge is -2.14. The number of hydrogen-bond donors (Lipinski definition) is 0. The predicted octanol–water partition coefficient (Wildman–Crippen LogP) is 4.58. The first kappa shape index (κ1) is 25.5. The number of hydroxylamine groups is 2. The van der Waals surface area contributed by atoms with Gasteiger partial charge in [0.05, 0.1) is 12.0 Å². The van der Waals surface area contributed by atoms with E-state index in [4.69, 9.17) is 4.84 Å². The summed E-state index contributed by atoms with van der Waals surface area (Å²) in [5.41, 5.74) is 2.19. The van der Waals surface area contributed by atoms with E-state index < -0.39 is 27.6 Å². The number of carbonyl (C=O) groups is 1. The van der Waals surface area contributed by atoms with E-state index >= 15 is 0 Å². The van der Waals surface area contributed by atoms with Gasteiger partial charge in [0.25, 0.3) is 15.9 Å². The average molecular weight is 508 g/mol. The number of hydrogen-bond acceptors (Lipinski definition) is 5. The second-order valence-electron chi connectivity index (χ2n) is 7.56. The molecule has 180 valence electrons. The second kappa shape index (κ2) is 10.00. The molecule has 0 radical (unpaired) electrons. The van der Waals surface area contributed by atoms with E-state index in [1.807, 2.05) is 0 Å². The zero-order chi connectivity index (χ0) is 25.2. The van der Waals surface area contributed by atoms with E-state index in [1.54, 1.807) is 33.2 Å². The molecule has 1 heterocycles. The van der Waals surface area contributed by atoms with Gasteiger partial charge in [0.2, 0.25) is 0 Å². The van der Waals surface area contributed by atoms with Crippen LogP contribution in [0.25, 0.3) is 21.6 Å². The minimum atomic E-state index is -3.90. The number of rotatable bonds is 7. The monoisotopic (exact) mass is 507 g/mol. The molecule has 0 aliphatic carbocycles. The molecular formula is C23H23F2N3O4S2. The number of benzene rings is 2. The van der Waals surface area contributed by atoms with Crippen LogP contribution in [0.15, 0.2) is 51.8 Å². The number of nitrogens with zero attached hydrogens (tertiary/aromatic N) is 3. The normalized spacial score (nSPS) is 11.7. The van der Waals surface area contributed by atoms with Crippen molar-refractivity contribution in [2.45, 2.75) is 11.8 Å². The van der Waals surface area contributed by atoms with Crippen LogP contribution in [-0.4, -0.2) is 58.9 Å². The molecule has 11 heteroatoms. The largest absolute Gasteiger partial charge is 0.368 e. The minimum absolute atomic E-state index is 0.00931. The summed E-state index contributed by atoms with van der Waals surface area (Å²) in [4.78, 5) is 20.4. The van der Waals surface area contributed by atoms with Gasteiger partial charge in [-0.25, -0.2) is 13.8 Å². The Morgan fingerprint density at radius 1 is 1.03 bits per heavy atom. The van der Waals surface area contributed by atoms with Crippen molar-refractivity contribution < 1.29 is 26.8 Å². The van der Waals surface area contributed by atoms with Gasteiger partial charge in [-0.3, -0.25) is 9.63 Å². The van der Waals surface area contributed by atoms with Gasteiger partial charge in [-0.1, -0.05) is 18.2 Å². The molecule has 0 unspecified atom stereocenters. The first-order valence-electron chi connectivity index (χ1n) is 9.94. The van der Waals surface area contributed by atoms with Gasteiger partial charge < -0.3 is 4.90 Å². The van der Waals surface area contributed by atoms with E-state index in [1.165, 1.54) is 43.6 Å². The summed E-state index contributed by atoms with van der Waals surface area (Å²) in [6.07, 6.45) is 1.19. The molecule has 0 aliphatic rings. The maximum atomic E-state index is 13.9. The predicted molar refractivity (Wildman–Crippen MR) is 128 cm³/mol. The molecule has 3 rings (SSSR count). The van der Waals surface area contributed by atoms with E-state index in [2.05, 4.69) is 4.40 Å². The number of amides is 1. The van der Waals surface area contributed by atoms with Gasteiger partial charge in [0.1, 0.15) is 11.2 Å². The zero-order valence-electron chi connectivity index (χ0n) is 19.2. The average Bonchev–Trinajstić information content (AvgIpc) is 3.15. The van der Waals surface area contributed by atoms with Crippen LogP contribution in [0.2, 0.25) is 0 Å². The summed E-state index contributed by atoms with van der Waals surface area (Å²) < 4.78 is 55.9. The van der Waals surface area contributed by atoms with Gasteiger partial charge in [-0.2, -0.15) is 8.42 Å². The molecule has 0 fully saturated rings. The summed E-state index contributed by atoms with van der Waals surface area (Å²) in [7, 11) is 2.22. The summed E-state index contributed by atoms with van der Waals surface area (Å²) in [6.45, 7) is 1.76. The smallest absolute Gasteiger partial charge is 0.287 e. The summed E-state index contributed by atoms with van der Waals surface area (Å²) >= 11 is 1.11. The van der Waals surface area contributed by atoms with Crippen LogP contribution < -0.4 is 0 Å². The molecule has 1 amide bonds. The highest BCUT2D eigenvalue weighted by atomic mass is 32.2. The molecule has 0 atom stereocenters. The molecule has 0 saturated carbocycles. The topological polar surface area (TPSA) is 79.3 Å². The van der Waals surface area contributed by atoms with Crippen molar-refractivity contribution in [3.63, 3.8) is 0 Å². The first-order valence-corrected chi connectivity index (χ1v) is 12.2. The van der Waals surface area contributed by atoms with Crippen molar-refractivity contribution in [2.75, 3.05) is 28.3 Å². The highest BCUT2D eigenvalue weighted by molar-refractivity contribution is 7.90. The van der Waals surface area contributed by atoms with Gasteiger partial charge in [0, 0.05) is 31.6 Å². The lowest BCUT2D eigenvalue weighted by Crippen LogP contribution is -2.25. The number of thiophene rings is 1. The van der Waals surface area contributed by atoms with Crippen LogP contribution in [-0.2, 0) is 14.9 Å². The van der Waals surface area contributed by atoms with Crippen molar-refractivity contribution in [2.24, 2.45) is 4.40 Å². The molecular weight excluding hydrogens is 484 g/mol. The highest BCUT2D eigenvalue weighted by Crippen LogP contribution is 2.43. The zero-order valence-corrected chi connectivity index (χ0v) is 20.8. The first-order chi connectivity index (χ1) is 16.0. The Balaban J connectivity index is 2.15. The van der Waals surface area contributed by atoms with Crippen LogP contribution in [0, 0.1) is 18.6 Å². The Hall–Kier alpha value is -3.15. The lowest BCUT2D eigenvalue weighted by atomic mass is 9.98. The highest BCUT2D eigenvalue weighted by Gasteiger charge is 2.26. The van der Waals surface area contributed by atoms with E-state index in [0.29, 0.717) is 32.0 Å². The molecule has 3 aromatic rings. The Bertz CT molecular complexity index is 1350.